The Labute approximate surface area is 114 Å². The summed E-state index contributed by atoms with van der Waals surface area (Å²) in [7, 11) is 3.39. The van der Waals surface area contributed by atoms with Gasteiger partial charge in [0.05, 0.1) is 24.0 Å². The van der Waals surface area contributed by atoms with E-state index in [-0.39, 0.29) is 5.97 Å². The van der Waals surface area contributed by atoms with E-state index >= 15 is 0 Å². The van der Waals surface area contributed by atoms with Crippen LogP contribution in [0, 0.1) is 5.92 Å². The summed E-state index contributed by atoms with van der Waals surface area (Å²) in [5, 5.41) is 0. The minimum Gasteiger partial charge on any atom is -0.465 e. The fourth-order valence-electron chi connectivity index (χ4n) is 2.93. The van der Waals surface area contributed by atoms with Gasteiger partial charge in [-0.3, -0.25) is 0 Å². The maximum absolute atomic E-state index is 11.8. The van der Waals surface area contributed by atoms with Crippen molar-refractivity contribution in [2.45, 2.75) is 25.7 Å². The fourth-order valence-corrected chi connectivity index (χ4v) is 2.93. The zero-order valence-corrected chi connectivity index (χ0v) is 11.7. The first-order valence-corrected chi connectivity index (χ1v) is 6.81. The Hall–Kier alpha value is -1.71. The summed E-state index contributed by atoms with van der Waals surface area (Å²) in [6, 6.07) is 5.38. The Bertz CT molecular complexity index is 453. The average molecular weight is 262 g/mol. The van der Waals surface area contributed by atoms with Gasteiger partial charge < -0.3 is 15.4 Å². The molecule has 1 saturated carbocycles. The number of methoxy groups -OCH3 is 1. The largest absolute Gasteiger partial charge is 0.465 e. The fraction of sp³-hybridized carbons (Fsp3) is 0.533. The van der Waals surface area contributed by atoms with E-state index in [1.165, 1.54) is 32.8 Å². The lowest BCUT2D eigenvalue weighted by Crippen LogP contribution is -2.27. The number of nitrogen functional groups attached to an aromatic ring is 1. The predicted molar refractivity (Wildman–Crippen MR) is 77.4 cm³/mol. The van der Waals surface area contributed by atoms with Gasteiger partial charge >= 0.3 is 5.97 Å². The van der Waals surface area contributed by atoms with Gasteiger partial charge in [0.25, 0.3) is 0 Å². The average Bonchev–Trinajstić information content (AvgIpc) is 2.90. The van der Waals surface area contributed by atoms with Gasteiger partial charge in [0.1, 0.15) is 0 Å². The molecule has 0 heterocycles. The summed E-state index contributed by atoms with van der Waals surface area (Å²) in [4.78, 5) is 13.9. The smallest absolute Gasteiger partial charge is 0.340 e. The molecule has 1 aliphatic rings. The third-order valence-electron chi connectivity index (χ3n) is 3.86. The Balaban J connectivity index is 2.23. The number of rotatable bonds is 4. The maximum atomic E-state index is 11.8. The molecule has 1 aromatic rings. The van der Waals surface area contributed by atoms with Crippen LogP contribution in [0.2, 0.25) is 0 Å². The van der Waals surface area contributed by atoms with Gasteiger partial charge in [-0.25, -0.2) is 4.79 Å². The molecule has 1 aliphatic carbocycles. The maximum Gasteiger partial charge on any atom is 0.340 e. The lowest BCUT2D eigenvalue weighted by Gasteiger charge is -2.26. The van der Waals surface area contributed by atoms with E-state index in [2.05, 4.69) is 4.90 Å². The Morgan fingerprint density at radius 1 is 1.42 bits per heavy atom. The summed E-state index contributed by atoms with van der Waals surface area (Å²) >= 11 is 0. The van der Waals surface area contributed by atoms with E-state index in [4.69, 9.17) is 10.5 Å². The molecule has 19 heavy (non-hydrogen) atoms. The van der Waals surface area contributed by atoms with E-state index in [0.717, 1.165) is 12.2 Å². The summed E-state index contributed by atoms with van der Waals surface area (Å²) in [5.74, 6) is 0.371. The van der Waals surface area contributed by atoms with Gasteiger partial charge in [-0.15, -0.1) is 0 Å². The van der Waals surface area contributed by atoms with E-state index in [0.29, 0.717) is 17.2 Å². The van der Waals surface area contributed by atoms with Crippen LogP contribution in [0.4, 0.5) is 11.4 Å². The molecular formula is C15H22N2O2. The standard InChI is InChI=1S/C15H22N2O2/c1-17(10-11-6-3-4-7-11)14-12(15(18)19-2)8-5-9-13(14)16/h5,8-9,11H,3-4,6-7,10,16H2,1-2H3. The first-order valence-electron chi connectivity index (χ1n) is 6.81. The molecule has 4 heteroatoms. The van der Waals surface area contributed by atoms with Gasteiger partial charge in [-0.05, 0) is 30.9 Å². The van der Waals surface area contributed by atoms with Gasteiger partial charge in [-0.2, -0.15) is 0 Å². The van der Waals surface area contributed by atoms with Crippen LogP contribution in [0.15, 0.2) is 18.2 Å². The van der Waals surface area contributed by atoms with Crippen LogP contribution in [-0.2, 0) is 4.74 Å². The number of benzene rings is 1. The molecule has 4 nitrogen and oxygen atoms in total. The molecule has 0 radical (unpaired) electrons. The van der Waals surface area contributed by atoms with Crippen molar-refractivity contribution in [3.8, 4) is 0 Å². The van der Waals surface area contributed by atoms with Crippen LogP contribution >= 0.6 is 0 Å². The highest BCUT2D eigenvalue weighted by atomic mass is 16.5. The molecule has 1 fully saturated rings. The van der Waals surface area contributed by atoms with Crippen molar-refractivity contribution in [2.75, 3.05) is 31.3 Å². The number of hydrogen-bond acceptors (Lipinski definition) is 4. The minimum atomic E-state index is -0.333. The van der Waals surface area contributed by atoms with Crippen molar-refractivity contribution in [2.24, 2.45) is 5.92 Å². The quantitative estimate of drug-likeness (QED) is 0.669. The van der Waals surface area contributed by atoms with Crippen molar-refractivity contribution in [3.05, 3.63) is 23.8 Å². The number of nitrogens with zero attached hydrogens (tertiary/aromatic N) is 1. The van der Waals surface area contributed by atoms with Crippen LogP contribution < -0.4 is 10.6 Å². The van der Waals surface area contributed by atoms with E-state index < -0.39 is 0 Å². The van der Waals surface area contributed by atoms with Gasteiger partial charge in [0, 0.05) is 13.6 Å². The topological polar surface area (TPSA) is 55.6 Å². The Kier molecular flexibility index (Phi) is 4.30. The molecule has 0 aliphatic heterocycles. The molecule has 0 spiro atoms. The molecule has 0 aromatic heterocycles. The lowest BCUT2D eigenvalue weighted by atomic mass is 10.1. The van der Waals surface area contributed by atoms with Crippen molar-refractivity contribution >= 4 is 17.3 Å². The van der Waals surface area contributed by atoms with Crippen LogP contribution in [0.1, 0.15) is 36.0 Å². The first kappa shape index (κ1) is 13.7. The Morgan fingerprint density at radius 3 is 2.74 bits per heavy atom. The molecule has 1 aromatic carbocycles. The van der Waals surface area contributed by atoms with Gasteiger partial charge in [-0.1, -0.05) is 18.9 Å². The van der Waals surface area contributed by atoms with Crippen LogP contribution in [0.3, 0.4) is 0 Å². The third kappa shape index (κ3) is 3.00. The summed E-state index contributed by atoms with van der Waals surface area (Å²) in [5.41, 5.74) is 8.01. The second-order valence-electron chi connectivity index (χ2n) is 5.27. The van der Waals surface area contributed by atoms with Crippen LogP contribution in [0.25, 0.3) is 0 Å². The number of esters is 1. The number of para-hydroxylation sites is 1. The highest BCUT2D eigenvalue weighted by Gasteiger charge is 2.21. The molecule has 0 bridgehead atoms. The van der Waals surface area contributed by atoms with Gasteiger partial charge in [0.15, 0.2) is 0 Å². The van der Waals surface area contributed by atoms with Crippen LogP contribution in [0.5, 0.6) is 0 Å². The molecule has 104 valence electrons. The lowest BCUT2D eigenvalue weighted by molar-refractivity contribution is 0.0601. The summed E-state index contributed by atoms with van der Waals surface area (Å²) < 4.78 is 4.83. The predicted octanol–water partition coefficient (Wildman–Crippen LogP) is 2.68. The van der Waals surface area contributed by atoms with Gasteiger partial charge in [0.2, 0.25) is 0 Å². The van der Waals surface area contributed by atoms with E-state index in [9.17, 15) is 4.79 Å². The SMILES string of the molecule is COC(=O)c1cccc(N)c1N(C)CC1CCCC1. The molecule has 0 saturated heterocycles. The molecule has 0 atom stereocenters. The number of ether oxygens (including phenoxy) is 1. The number of carbonyl (C=O) groups is 1. The molecule has 0 unspecified atom stereocenters. The normalized spacial score (nSPS) is 15.5. The number of hydrogen-bond donors (Lipinski definition) is 1. The third-order valence-corrected chi connectivity index (χ3v) is 3.86. The molecule has 2 rings (SSSR count). The highest BCUT2D eigenvalue weighted by Crippen LogP contribution is 2.31. The summed E-state index contributed by atoms with van der Waals surface area (Å²) in [6.07, 6.45) is 5.16. The van der Waals surface area contributed by atoms with Crippen molar-refractivity contribution in [1.29, 1.82) is 0 Å². The summed E-state index contributed by atoms with van der Waals surface area (Å²) in [6.45, 7) is 0.943. The highest BCUT2D eigenvalue weighted by molar-refractivity contribution is 5.99. The van der Waals surface area contributed by atoms with Crippen molar-refractivity contribution < 1.29 is 9.53 Å². The minimum absolute atomic E-state index is 0.333. The molecule has 2 N–H and O–H groups in total. The number of nitrogens with two attached hydrogens (primary N) is 1. The zero-order chi connectivity index (χ0) is 13.8. The first-order chi connectivity index (χ1) is 9.13. The number of carbonyl (C=O) groups excluding carboxylic acids is 1. The van der Waals surface area contributed by atoms with Crippen molar-refractivity contribution in [1.82, 2.24) is 0 Å². The monoisotopic (exact) mass is 262 g/mol. The molecule has 0 amide bonds. The Morgan fingerprint density at radius 2 is 2.11 bits per heavy atom. The van der Waals surface area contributed by atoms with E-state index in [1.807, 2.05) is 13.1 Å². The second kappa shape index (κ2) is 5.95. The molecular weight excluding hydrogens is 240 g/mol. The van der Waals surface area contributed by atoms with Crippen molar-refractivity contribution in [3.63, 3.8) is 0 Å². The number of anilines is 2. The zero-order valence-electron chi connectivity index (χ0n) is 11.7. The van der Waals surface area contributed by atoms with Crippen LogP contribution in [-0.4, -0.2) is 26.7 Å². The van der Waals surface area contributed by atoms with E-state index in [1.54, 1.807) is 12.1 Å². The second-order valence-corrected chi connectivity index (χ2v) is 5.27.